The molecule has 0 aromatic carbocycles. The van der Waals surface area contributed by atoms with Crippen LogP contribution < -0.4 is 10.6 Å². The lowest BCUT2D eigenvalue weighted by molar-refractivity contribution is -0.117. The van der Waals surface area contributed by atoms with Crippen LogP contribution in [0.3, 0.4) is 0 Å². The largest absolute Gasteiger partial charge is 0.312 e. The Kier molecular flexibility index (Phi) is 4.55. The average molecular weight is 265 g/mol. The molecular weight excluding hydrogens is 242 g/mol. The molecule has 1 fully saturated rings. The predicted molar refractivity (Wildman–Crippen MR) is 75.1 cm³/mol. The lowest BCUT2D eigenvalue weighted by atomic mass is 10.2. The summed E-state index contributed by atoms with van der Waals surface area (Å²) in [5.74, 6) is 0.791. The number of hydrogen-bond acceptors (Lipinski definition) is 4. The van der Waals surface area contributed by atoms with Gasteiger partial charge in [-0.3, -0.25) is 9.69 Å². The van der Waals surface area contributed by atoms with Crippen LogP contribution in [0.2, 0.25) is 0 Å². The van der Waals surface area contributed by atoms with Gasteiger partial charge in [0.2, 0.25) is 5.91 Å². The number of aromatic nitrogens is 2. The lowest BCUT2D eigenvalue weighted by Gasteiger charge is -2.31. The maximum atomic E-state index is 12.0. The molecule has 1 atom stereocenters. The van der Waals surface area contributed by atoms with E-state index >= 15 is 0 Å². The molecule has 2 rings (SSSR count). The Bertz CT molecular complexity index is 428. The number of amides is 1. The zero-order valence-corrected chi connectivity index (χ0v) is 11.9. The molecule has 1 aromatic rings. The van der Waals surface area contributed by atoms with Gasteiger partial charge in [-0.2, -0.15) is 5.10 Å². The van der Waals surface area contributed by atoms with Crippen molar-refractivity contribution in [3.05, 3.63) is 12.3 Å². The minimum atomic E-state index is 0.0245. The van der Waals surface area contributed by atoms with E-state index in [2.05, 4.69) is 27.6 Å². The molecule has 0 spiro atoms. The fourth-order valence-corrected chi connectivity index (χ4v) is 2.37. The smallest absolute Gasteiger partial charge is 0.239 e. The van der Waals surface area contributed by atoms with Gasteiger partial charge in [-0.1, -0.05) is 0 Å². The first-order valence-electron chi connectivity index (χ1n) is 6.85. The fourth-order valence-electron chi connectivity index (χ4n) is 2.37. The summed E-state index contributed by atoms with van der Waals surface area (Å²) in [6, 6.07) is 2.52. The molecule has 6 heteroatoms. The number of rotatable bonds is 4. The highest BCUT2D eigenvalue weighted by Crippen LogP contribution is 2.13. The number of piperazine rings is 1. The van der Waals surface area contributed by atoms with Crippen molar-refractivity contribution in [2.45, 2.75) is 32.9 Å². The van der Waals surface area contributed by atoms with Gasteiger partial charge in [0.05, 0.1) is 12.7 Å². The van der Waals surface area contributed by atoms with Crippen LogP contribution in [0.25, 0.3) is 0 Å². The second-order valence-corrected chi connectivity index (χ2v) is 5.39. The molecule has 2 N–H and O–H groups in total. The van der Waals surface area contributed by atoms with Crippen LogP contribution in [-0.2, 0) is 4.79 Å². The number of hydrogen-bond donors (Lipinski definition) is 2. The fraction of sp³-hybridized carbons (Fsp3) is 0.692. The molecule has 0 aliphatic carbocycles. The summed E-state index contributed by atoms with van der Waals surface area (Å²) in [7, 11) is 0. The van der Waals surface area contributed by atoms with E-state index in [1.165, 1.54) is 0 Å². The number of anilines is 1. The van der Waals surface area contributed by atoms with Gasteiger partial charge in [-0.15, -0.1) is 0 Å². The van der Waals surface area contributed by atoms with E-state index in [9.17, 15) is 4.79 Å². The van der Waals surface area contributed by atoms with Crippen LogP contribution in [-0.4, -0.2) is 52.8 Å². The summed E-state index contributed by atoms with van der Waals surface area (Å²) in [5, 5.41) is 10.5. The van der Waals surface area contributed by atoms with Crippen molar-refractivity contribution in [3.8, 4) is 0 Å². The van der Waals surface area contributed by atoms with Crippen molar-refractivity contribution in [1.29, 1.82) is 0 Å². The Labute approximate surface area is 114 Å². The molecular formula is C13H23N5O. The molecule has 1 aromatic heterocycles. The summed E-state index contributed by atoms with van der Waals surface area (Å²) < 4.78 is 1.82. The van der Waals surface area contributed by atoms with Gasteiger partial charge in [0, 0.05) is 37.8 Å². The third-order valence-corrected chi connectivity index (χ3v) is 3.25. The van der Waals surface area contributed by atoms with Crippen LogP contribution in [0.4, 0.5) is 5.82 Å². The molecule has 0 unspecified atom stereocenters. The molecule has 1 amide bonds. The van der Waals surface area contributed by atoms with Gasteiger partial charge >= 0.3 is 0 Å². The Morgan fingerprint density at radius 2 is 2.42 bits per heavy atom. The Morgan fingerprint density at radius 1 is 1.63 bits per heavy atom. The maximum Gasteiger partial charge on any atom is 0.239 e. The molecule has 0 saturated carbocycles. The van der Waals surface area contributed by atoms with Crippen molar-refractivity contribution < 1.29 is 4.79 Å². The van der Waals surface area contributed by atoms with Crippen LogP contribution in [0.5, 0.6) is 0 Å². The molecule has 1 aliphatic rings. The predicted octanol–water partition coefficient (Wildman–Crippen LogP) is 0.696. The highest BCUT2D eigenvalue weighted by molar-refractivity contribution is 5.91. The van der Waals surface area contributed by atoms with E-state index in [4.69, 9.17) is 0 Å². The molecule has 19 heavy (non-hydrogen) atoms. The summed E-state index contributed by atoms with van der Waals surface area (Å²) in [5.41, 5.74) is 0. The molecule has 0 radical (unpaired) electrons. The Morgan fingerprint density at radius 3 is 3.11 bits per heavy atom. The van der Waals surface area contributed by atoms with E-state index < -0.39 is 0 Å². The Hall–Kier alpha value is -1.40. The summed E-state index contributed by atoms with van der Waals surface area (Å²) >= 11 is 0. The van der Waals surface area contributed by atoms with E-state index in [0.717, 1.165) is 25.5 Å². The third-order valence-electron chi connectivity index (χ3n) is 3.25. The minimum absolute atomic E-state index is 0.0245. The third kappa shape index (κ3) is 3.78. The number of nitrogens with zero attached hydrogens (tertiary/aromatic N) is 3. The summed E-state index contributed by atoms with van der Waals surface area (Å²) in [6.07, 6.45) is 1.71. The molecule has 6 nitrogen and oxygen atoms in total. The average Bonchev–Trinajstić information content (AvgIpc) is 2.76. The number of carbonyl (C=O) groups excluding carboxylic acids is 1. The second-order valence-electron chi connectivity index (χ2n) is 5.39. The first-order valence-corrected chi connectivity index (χ1v) is 6.85. The Balaban J connectivity index is 1.88. The van der Waals surface area contributed by atoms with E-state index in [1.807, 2.05) is 24.6 Å². The van der Waals surface area contributed by atoms with Crippen molar-refractivity contribution >= 4 is 11.7 Å². The van der Waals surface area contributed by atoms with E-state index in [1.54, 1.807) is 6.20 Å². The van der Waals surface area contributed by atoms with Gasteiger partial charge in [0.15, 0.2) is 0 Å². The zero-order chi connectivity index (χ0) is 13.8. The van der Waals surface area contributed by atoms with Gasteiger partial charge in [0.25, 0.3) is 0 Å². The highest BCUT2D eigenvalue weighted by Gasteiger charge is 2.18. The lowest BCUT2D eigenvalue weighted by Crippen LogP contribution is -2.51. The van der Waals surface area contributed by atoms with Crippen molar-refractivity contribution in [1.82, 2.24) is 20.0 Å². The molecule has 106 valence electrons. The first kappa shape index (κ1) is 14.0. The maximum absolute atomic E-state index is 12.0. The number of nitrogens with one attached hydrogen (secondary N) is 2. The SMILES string of the molecule is CC(C)n1nccc1NC(=O)CN1CCN[C@@H](C)C1. The standard InChI is InChI=1S/C13H23N5O/c1-10(2)18-12(4-5-15-18)16-13(19)9-17-7-6-14-11(3)8-17/h4-5,10-11,14H,6-9H2,1-3H3,(H,16,19)/t11-/m0/s1. The van der Waals surface area contributed by atoms with Crippen LogP contribution >= 0.6 is 0 Å². The van der Waals surface area contributed by atoms with Crippen LogP contribution in [0.15, 0.2) is 12.3 Å². The normalized spacial score (nSPS) is 20.7. The van der Waals surface area contributed by atoms with Gasteiger partial charge in [-0.25, -0.2) is 4.68 Å². The van der Waals surface area contributed by atoms with Crippen molar-refractivity contribution in [2.75, 3.05) is 31.5 Å². The number of carbonyl (C=O) groups is 1. The first-order chi connectivity index (χ1) is 9.06. The molecule has 1 saturated heterocycles. The summed E-state index contributed by atoms with van der Waals surface area (Å²) in [4.78, 5) is 14.2. The van der Waals surface area contributed by atoms with Crippen LogP contribution in [0.1, 0.15) is 26.8 Å². The molecule has 1 aliphatic heterocycles. The van der Waals surface area contributed by atoms with Crippen molar-refractivity contribution in [2.24, 2.45) is 0 Å². The topological polar surface area (TPSA) is 62.2 Å². The minimum Gasteiger partial charge on any atom is -0.312 e. The molecule has 0 bridgehead atoms. The van der Waals surface area contributed by atoms with Gasteiger partial charge in [0.1, 0.15) is 5.82 Å². The molecule has 2 heterocycles. The van der Waals surface area contributed by atoms with Gasteiger partial charge < -0.3 is 10.6 Å². The van der Waals surface area contributed by atoms with Crippen LogP contribution in [0, 0.1) is 0 Å². The summed E-state index contributed by atoms with van der Waals surface area (Å²) in [6.45, 7) is 9.44. The van der Waals surface area contributed by atoms with E-state index in [0.29, 0.717) is 12.6 Å². The quantitative estimate of drug-likeness (QED) is 0.841. The van der Waals surface area contributed by atoms with Crippen molar-refractivity contribution in [3.63, 3.8) is 0 Å². The van der Waals surface area contributed by atoms with Gasteiger partial charge in [-0.05, 0) is 20.8 Å². The highest BCUT2D eigenvalue weighted by atomic mass is 16.2. The zero-order valence-electron chi connectivity index (χ0n) is 11.9. The second kappa shape index (κ2) is 6.16. The monoisotopic (exact) mass is 265 g/mol. The van der Waals surface area contributed by atoms with E-state index in [-0.39, 0.29) is 11.9 Å².